The van der Waals surface area contributed by atoms with Crippen LogP contribution < -0.4 is 10.2 Å². The average molecular weight is 458 g/mol. The summed E-state index contributed by atoms with van der Waals surface area (Å²) in [7, 11) is 0. The second kappa shape index (κ2) is 10.5. The summed E-state index contributed by atoms with van der Waals surface area (Å²) in [6.45, 7) is 4.78. The maximum Gasteiger partial charge on any atom is 0.259 e. The van der Waals surface area contributed by atoms with Crippen molar-refractivity contribution < 1.29 is 14.4 Å². The van der Waals surface area contributed by atoms with E-state index in [1.807, 2.05) is 74.5 Å². The van der Waals surface area contributed by atoms with Gasteiger partial charge in [0.1, 0.15) is 12.6 Å². The predicted molar refractivity (Wildman–Crippen MR) is 135 cm³/mol. The van der Waals surface area contributed by atoms with Crippen LogP contribution in [0.3, 0.4) is 0 Å². The van der Waals surface area contributed by atoms with E-state index in [1.165, 1.54) is 0 Å². The van der Waals surface area contributed by atoms with Gasteiger partial charge in [0.05, 0.1) is 5.69 Å². The van der Waals surface area contributed by atoms with Crippen LogP contribution in [-0.4, -0.2) is 48.3 Å². The minimum atomic E-state index is -0.585. The number of anilines is 1. The molecule has 4 rings (SSSR count). The molecule has 0 radical (unpaired) electrons. The first-order valence-corrected chi connectivity index (χ1v) is 12.0. The van der Waals surface area contributed by atoms with Gasteiger partial charge < -0.3 is 10.2 Å². The maximum atomic E-state index is 13.7. The van der Waals surface area contributed by atoms with E-state index >= 15 is 0 Å². The third-order valence-electron chi connectivity index (χ3n) is 6.36. The lowest BCUT2D eigenvalue weighted by molar-refractivity contribution is -0.139. The number of hydrogen-bond donors (Lipinski definition) is 1. The zero-order valence-electron chi connectivity index (χ0n) is 19.8. The van der Waals surface area contributed by atoms with Crippen LogP contribution in [0.4, 0.5) is 5.69 Å². The topological polar surface area (TPSA) is 69.7 Å². The number of nitrogens with zero attached hydrogens (tertiary/aromatic N) is 2. The molecule has 1 atom stereocenters. The Morgan fingerprint density at radius 1 is 0.971 bits per heavy atom. The van der Waals surface area contributed by atoms with E-state index in [-0.39, 0.29) is 24.3 Å². The highest BCUT2D eigenvalue weighted by molar-refractivity contribution is 6.26. The van der Waals surface area contributed by atoms with Crippen LogP contribution in [-0.2, 0) is 16.0 Å². The van der Waals surface area contributed by atoms with Crippen LogP contribution in [0.5, 0.6) is 0 Å². The molecule has 1 aliphatic rings. The zero-order valence-corrected chi connectivity index (χ0v) is 19.8. The van der Waals surface area contributed by atoms with Gasteiger partial charge in [0, 0.05) is 24.0 Å². The van der Waals surface area contributed by atoms with Gasteiger partial charge in [0.25, 0.3) is 5.91 Å². The molecule has 3 amide bonds. The van der Waals surface area contributed by atoms with Gasteiger partial charge in [0.2, 0.25) is 11.8 Å². The molecule has 1 N–H and O–H groups in total. The summed E-state index contributed by atoms with van der Waals surface area (Å²) < 4.78 is 0. The fraction of sp³-hybridized carbons (Fsp3) is 0.321. The molecule has 6 nitrogen and oxygen atoms in total. The Morgan fingerprint density at radius 3 is 2.41 bits per heavy atom. The normalized spacial score (nSPS) is 13.2. The molecule has 1 heterocycles. The Hall–Kier alpha value is -3.67. The number of amides is 3. The van der Waals surface area contributed by atoms with Crippen molar-refractivity contribution in [2.45, 2.75) is 39.2 Å². The van der Waals surface area contributed by atoms with Crippen molar-refractivity contribution in [3.8, 4) is 0 Å². The van der Waals surface area contributed by atoms with Crippen molar-refractivity contribution in [1.82, 2.24) is 10.2 Å². The molecule has 1 aliphatic heterocycles. The summed E-state index contributed by atoms with van der Waals surface area (Å²) in [6, 6.07) is 20.7. The minimum absolute atomic E-state index is 0.0982. The molecule has 0 bridgehead atoms. The van der Waals surface area contributed by atoms with Crippen LogP contribution in [0.2, 0.25) is 0 Å². The van der Waals surface area contributed by atoms with Gasteiger partial charge in [-0.25, -0.2) is 0 Å². The van der Waals surface area contributed by atoms with Crippen LogP contribution in [0.15, 0.2) is 66.7 Å². The number of nitrogens with one attached hydrogen (secondary N) is 1. The lowest BCUT2D eigenvalue weighted by Crippen LogP contribution is -2.53. The monoisotopic (exact) mass is 457 g/mol. The molecule has 3 aromatic carbocycles. The highest BCUT2D eigenvalue weighted by Gasteiger charge is 2.34. The molecule has 6 heteroatoms. The quantitative estimate of drug-likeness (QED) is 0.497. The number of rotatable bonds is 10. The summed E-state index contributed by atoms with van der Waals surface area (Å²) in [5, 5.41) is 4.79. The van der Waals surface area contributed by atoms with E-state index in [2.05, 4.69) is 5.32 Å². The second-order valence-corrected chi connectivity index (χ2v) is 8.61. The van der Waals surface area contributed by atoms with E-state index in [0.717, 1.165) is 28.4 Å². The van der Waals surface area contributed by atoms with Gasteiger partial charge >= 0.3 is 0 Å². The smallest absolute Gasteiger partial charge is 0.259 e. The number of benzene rings is 3. The molecule has 0 aliphatic carbocycles. The highest BCUT2D eigenvalue weighted by atomic mass is 16.2. The molecule has 34 heavy (non-hydrogen) atoms. The summed E-state index contributed by atoms with van der Waals surface area (Å²) in [5.74, 6) is -0.553. The first-order valence-electron chi connectivity index (χ1n) is 12.0. The van der Waals surface area contributed by atoms with Crippen LogP contribution in [0, 0.1) is 0 Å². The van der Waals surface area contributed by atoms with Gasteiger partial charge in [-0.3, -0.25) is 19.3 Å². The van der Waals surface area contributed by atoms with Gasteiger partial charge in [0.15, 0.2) is 0 Å². The Labute approximate surface area is 200 Å². The lowest BCUT2D eigenvalue weighted by Gasteiger charge is -2.32. The number of carbonyl (C=O) groups is 3. The summed E-state index contributed by atoms with van der Waals surface area (Å²) >= 11 is 0. The Morgan fingerprint density at radius 2 is 1.71 bits per heavy atom. The van der Waals surface area contributed by atoms with E-state index in [0.29, 0.717) is 31.5 Å². The van der Waals surface area contributed by atoms with E-state index in [1.54, 1.807) is 15.9 Å². The molecule has 0 saturated carbocycles. The van der Waals surface area contributed by atoms with E-state index in [9.17, 15) is 14.4 Å². The third-order valence-corrected chi connectivity index (χ3v) is 6.36. The van der Waals surface area contributed by atoms with Crippen molar-refractivity contribution in [1.29, 1.82) is 0 Å². The molecule has 176 valence electrons. The van der Waals surface area contributed by atoms with Gasteiger partial charge in [-0.15, -0.1) is 0 Å². The number of hydrogen-bond acceptors (Lipinski definition) is 3. The Balaban J connectivity index is 1.59. The Bertz CT molecular complexity index is 1190. The largest absolute Gasteiger partial charge is 0.354 e. The molecule has 0 unspecified atom stereocenters. The molecular weight excluding hydrogens is 426 g/mol. The molecule has 0 fully saturated rings. The first-order chi connectivity index (χ1) is 16.5. The number of carbonyl (C=O) groups excluding carboxylic acids is 3. The summed E-state index contributed by atoms with van der Waals surface area (Å²) in [4.78, 5) is 43.0. The molecule has 0 saturated heterocycles. The Kier molecular flexibility index (Phi) is 7.26. The van der Waals surface area contributed by atoms with Gasteiger partial charge in [-0.2, -0.15) is 0 Å². The van der Waals surface area contributed by atoms with E-state index in [4.69, 9.17) is 0 Å². The summed E-state index contributed by atoms with van der Waals surface area (Å²) in [6.07, 6.45) is 1.96. The highest BCUT2D eigenvalue weighted by Crippen LogP contribution is 2.37. The SMILES string of the molecule is CCCNC(=O)[C@H](CC)N(CCc1ccccc1)C(=O)CN1C(=O)c2cccc3cccc1c23. The van der Waals surface area contributed by atoms with Crippen molar-refractivity contribution >= 4 is 34.2 Å². The molecule has 0 aromatic heterocycles. The second-order valence-electron chi connectivity index (χ2n) is 8.61. The van der Waals surface area contributed by atoms with Crippen LogP contribution in [0.25, 0.3) is 10.8 Å². The van der Waals surface area contributed by atoms with Gasteiger partial charge in [-0.1, -0.05) is 68.4 Å². The van der Waals surface area contributed by atoms with Crippen molar-refractivity contribution in [3.63, 3.8) is 0 Å². The van der Waals surface area contributed by atoms with Crippen molar-refractivity contribution in [3.05, 3.63) is 77.9 Å². The van der Waals surface area contributed by atoms with Crippen LogP contribution >= 0.6 is 0 Å². The summed E-state index contributed by atoms with van der Waals surface area (Å²) in [5.41, 5.74) is 2.46. The van der Waals surface area contributed by atoms with E-state index < -0.39 is 6.04 Å². The minimum Gasteiger partial charge on any atom is -0.354 e. The van der Waals surface area contributed by atoms with Crippen LogP contribution in [0.1, 0.15) is 42.6 Å². The third kappa shape index (κ3) is 4.67. The van der Waals surface area contributed by atoms with Crippen molar-refractivity contribution in [2.75, 3.05) is 24.5 Å². The standard InChI is InChI=1S/C28H31N3O3/c1-3-17-29-27(33)23(4-2)30(18-16-20-10-6-5-7-11-20)25(32)19-31-24-15-9-13-21-12-8-14-22(26(21)24)28(31)34/h5-15,23H,3-4,16-19H2,1-2H3,(H,29,33)/t23-/m0/s1. The predicted octanol–water partition coefficient (Wildman–Crippen LogP) is 4.18. The lowest BCUT2D eigenvalue weighted by atomic mass is 10.1. The molecular formula is C28H31N3O3. The zero-order chi connectivity index (χ0) is 24.1. The molecule has 3 aromatic rings. The average Bonchev–Trinajstić information content (AvgIpc) is 3.13. The maximum absolute atomic E-state index is 13.7. The first kappa shape index (κ1) is 23.5. The van der Waals surface area contributed by atoms with Crippen molar-refractivity contribution in [2.24, 2.45) is 0 Å². The fourth-order valence-electron chi connectivity index (χ4n) is 4.62. The molecule has 0 spiro atoms. The van der Waals surface area contributed by atoms with Gasteiger partial charge in [-0.05, 0) is 42.3 Å². The fourth-order valence-corrected chi connectivity index (χ4v) is 4.62.